The van der Waals surface area contributed by atoms with E-state index in [9.17, 15) is 0 Å². The molecule has 1 heterocycles. The van der Waals surface area contributed by atoms with Gasteiger partial charge in [-0.15, -0.1) is 0 Å². The minimum Gasteiger partial charge on any atom is -0.355 e. The Morgan fingerprint density at radius 3 is 2.77 bits per heavy atom. The molecule has 0 spiro atoms. The van der Waals surface area contributed by atoms with Crippen LogP contribution in [0.15, 0.2) is 35.3 Å². The number of benzene rings is 1. The van der Waals surface area contributed by atoms with E-state index in [2.05, 4.69) is 64.8 Å². The van der Waals surface area contributed by atoms with Crippen LogP contribution in [0.25, 0.3) is 0 Å². The Bertz CT molecular complexity index is 457. The largest absolute Gasteiger partial charge is 0.355 e. The van der Waals surface area contributed by atoms with Crippen LogP contribution in [-0.2, 0) is 6.42 Å². The van der Waals surface area contributed by atoms with Gasteiger partial charge in [0.1, 0.15) is 0 Å². The third kappa shape index (κ3) is 5.34. The molecule has 1 saturated heterocycles. The molecule has 1 aliphatic rings. The highest BCUT2D eigenvalue weighted by molar-refractivity contribution is 5.79. The van der Waals surface area contributed by atoms with Crippen LogP contribution < -0.4 is 10.6 Å². The predicted octanol–water partition coefficient (Wildman–Crippen LogP) is 2.27. The number of likely N-dealkylation sites (N-methyl/N-ethyl adjacent to an activating group) is 1. The van der Waals surface area contributed by atoms with Gasteiger partial charge in [-0.1, -0.05) is 30.3 Å². The molecule has 0 amide bonds. The normalized spacial score (nSPS) is 20.9. The monoisotopic (exact) mass is 302 g/mol. The summed E-state index contributed by atoms with van der Waals surface area (Å²) in [6, 6.07) is 11.7. The van der Waals surface area contributed by atoms with Crippen molar-refractivity contribution in [2.24, 2.45) is 4.99 Å². The Hall–Kier alpha value is -1.55. The summed E-state index contributed by atoms with van der Waals surface area (Å²) in [6.07, 6.45) is 4.79. The molecule has 0 aromatic heterocycles. The average molecular weight is 302 g/mol. The molecule has 0 bridgehead atoms. The molecule has 4 heteroatoms. The molecule has 2 atom stereocenters. The summed E-state index contributed by atoms with van der Waals surface area (Å²) in [5.74, 6) is 0.917. The zero-order valence-corrected chi connectivity index (χ0v) is 14.2. The molecule has 1 aromatic carbocycles. The summed E-state index contributed by atoms with van der Waals surface area (Å²) >= 11 is 0. The maximum atomic E-state index is 4.34. The van der Waals surface area contributed by atoms with Gasteiger partial charge in [0.2, 0.25) is 0 Å². The highest BCUT2D eigenvalue weighted by atomic mass is 15.2. The summed E-state index contributed by atoms with van der Waals surface area (Å²) in [6.45, 7) is 4.41. The Morgan fingerprint density at radius 1 is 1.36 bits per heavy atom. The third-order valence-corrected chi connectivity index (χ3v) is 4.49. The highest BCUT2D eigenvalue weighted by Gasteiger charge is 2.20. The number of aryl methyl sites for hydroxylation is 1. The van der Waals surface area contributed by atoms with E-state index in [1.54, 1.807) is 0 Å². The molecule has 4 nitrogen and oxygen atoms in total. The lowest BCUT2D eigenvalue weighted by molar-refractivity contribution is 0.309. The first-order chi connectivity index (χ1) is 10.7. The van der Waals surface area contributed by atoms with Crippen molar-refractivity contribution < 1.29 is 0 Å². The van der Waals surface area contributed by atoms with Crippen LogP contribution in [0.4, 0.5) is 0 Å². The lowest BCUT2D eigenvalue weighted by Crippen LogP contribution is -2.46. The average Bonchev–Trinajstić information content (AvgIpc) is 2.95. The van der Waals surface area contributed by atoms with E-state index in [4.69, 9.17) is 0 Å². The van der Waals surface area contributed by atoms with Crippen molar-refractivity contribution in [3.05, 3.63) is 35.9 Å². The van der Waals surface area contributed by atoms with Gasteiger partial charge >= 0.3 is 0 Å². The summed E-state index contributed by atoms with van der Waals surface area (Å²) < 4.78 is 0. The lowest BCUT2D eigenvalue weighted by atomic mass is 10.1. The SMILES string of the molecule is CN=C(NCC1CCCN1C)NC(C)CCc1ccccc1. The second kappa shape index (κ2) is 8.79. The van der Waals surface area contributed by atoms with Crippen LogP contribution in [0.5, 0.6) is 0 Å². The van der Waals surface area contributed by atoms with Crippen LogP contribution in [-0.4, -0.2) is 50.1 Å². The summed E-state index contributed by atoms with van der Waals surface area (Å²) in [4.78, 5) is 6.77. The zero-order chi connectivity index (χ0) is 15.8. The minimum absolute atomic E-state index is 0.410. The smallest absolute Gasteiger partial charge is 0.191 e. The summed E-state index contributed by atoms with van der Waals surface area (Å²) in [5, 5.41) is 6.96. The molecular formula is C18H30N4. The van der Waals surface area contributed by atoms with Gasteiger partial charge in [-0.3, -0.25) is 4.99 Å². The summed E-state index contributed by atoms with van der Waals surface area (Å²) in [5.41, 5.74) is 1.40. The number of nitrogens with zero attached hydrogens (tertiary/aromatic N) is 2. The fourth-order valence-corrected chi connectivity index (χ4v) is 2.98. The van der Waals surface area contributed by atoms with Gasteiger partial charge in [0.05, 0.1) is 0 Å². The number of likely N-dealkylation sites (tertiary alicyclic amines) is 1. The van der Waals surface area contributed by atoms with Crippen molar-refractivity contribution in [1.29, 1.82) is 0 Å². The van der Waals surface area contributed by atoms with Gasteiger partial charge in [-0.2, -0.15) is 0 Å². The molecule has 1 aliphatic heterocycles. The number of hydrogen-bond acceptors (Lipinski definition) is 2. The Kier molecular flexibility index (Phi) is 6.72. The highest BCUT2D eigenvalue weighted by Crippen LogP contribution is 2.13. The molecule has 1 fully saturated rings. The van der Waals surface area contributed by atoms with Gasteiger partial charge < -0.3 is 15.5 Å². The third-order valence-electron chi connectivity index (χ3n) is 4.49. The standard InChI is InChI=1S/C18H30N4/c1-15(11-12-16-8-5-4-6-9-16)21-18(19-2)20-14-17-10-7-13-22(17)3/h4-6,8-9,15,17H,7,10-14H2,1-3H3,(H2,19,20,21). The quantitative estimate of drug-likeness (QED) is 0.625. The molecule has 2 N–H and O–H groups in total. The van der Waals surface area contributed by atoms with E-state index in [1.165, 1.54) is 24.9 Å². The number of nitrogens with one attached hydrogen (secondary N) is 2. The second-order valence-electron chi connectivity index (χ2n) is 6.30. The van der Waals surface area contributed by atoms with E-state index in [0.717, 1.165) is 25.3 Å². The lowest BCUT2D eigenvalue weighted by Gasteiger charge is -2.23. The van der Waals surface area contributed by atoms with Gasteiger partial charge in [0.15, 0.2) is 5.96 Å². The maximum Gasteiger partial charge on any atom is 0.191 e. The van der Waals surface area contributed by atoms with Gasteiger partial charge in [0.25, 0.3) is 0 Å². The van der Waals surface area contributed by atoms with Crippen LogP contribution >= 0.6 is 0 Å². The summed E-state index contributed by atoms with van der Waals surface area (Å²) in [7, 11) is 4.05. The Morgan fingerprint density at radius 2 is 2.14 bits per heavy atom. The molecule has 122 valence electrons. The first-order valence-corrected chi connectivity index (χ1v) is 8.40. The molecule has 0 saturated carbocycles. The fourth-order valence-electron chi connectivity index (χ4n) is 2.98. The van der Waals surface area contributed by atoms with Crippen LogP contribution in [0.1, 0.15) is 31.7 Å². The number of guanidine groups is 1. The zero-order valence-electron chi connectivity index (χ0n) is 14.2. The molecule has 22 heavy (non-hydrogen) atoms. The molecule has 2 rings (SSSR count). The van der Waals surface area contributed by atoms with Crippen molar-refractivity contribution in [2.45, 2.75) is 44.7 Å². The van der Waals surface area contributed by atoms with Gasteiger partial charge in [-0.05, 0) is 51.8 Å². The second-order valence-corrected chi connectivity index (χ2v) is 6.30. The van der Waals surface area contributed by atoms with Crippen molar-refractivity contribution >= 4 is 5.96 Å². The molecular weight excluding hydrogens is 272 g/mol. The Labute approximate surface area is 135 Å². The molecule has 1 aromatic rings. The van der Waals surface area contributed by atoms with E-state index in [-0.39, 0.29) is 0 Å². The van der Waals surface area contributed by atoms with Crippen molar-refractivity contribution in [3.8, 4) is 0 Å². The molecule has 0 aliphatic carbocycles. The first kappa shape index (κ1) is 16.8. The van der Waals surface area contributed by atoms with E-state index in [1.807, 2.05) is 7.05 Å². The predicted molar refractivity (Wildman–Crippen MR) is 94.4 cm³/mol. The van der Waals surface area contributed by atoms with Gasteiger partial charge in [0, 0.05) is 25.7 Å². The maximum absolute atomic E-state index is 4.34. The van der Waals surface area contributed by atoms with Crippen molar-refractivity contribution in [1.82, 2.24) is 15.5 Å². The van der Waals surface area contributed by atoms with E-state index < -0.39 is 0 Å². The number of hydrogen-bond donors (Lipinski definition) is 2. The number of rotatable bonds is 6. The fraction of sp³-hybridized carbons (Fsp3) is 0.611. The van der Waals surface area contributed by atoms with Crippen molar-refractivity contribution in [2.75, 3.05) is 27.2 Å². The number of aliphatic imine (C=N–C) groups is 1. The van der Waals surface area contributed by atoms with E-state index >= 15 is 0 Å². The van der Waals surface area contributed by atoms with E-state index in [0.29, 0.717) is 12.1 Å². The van der Waals surface area contributed by atoms with Crippen LogP contribution in [0.3, 0.4) is 0 Å². The van der Waals surface area contributed by atoms with Gasteiger partial charge in [-0.25, -0.2) is 0 Å². The van der Waals surface area contributed by atoms with Crippen LogP contribution in [0, 0.1) is 0 Å². The minimum atomic E-state index is 0.410. The molecule has 2 unspecified atom stereocenters. The first-order valence-electron chi connectivity index (χ1n) is 8.40. The molecule has 0 radical (unpaired) electrons. The topological polar surface area (TPSA) is 39.7 Å². The Balaban J connectivity index is 1.70. The van der Waals surface area contributed by atoms with Crippen LogP contribution in [0.2, 0.25) is 0 Å². The van der Waals surface area contributed by atoms with Crippen molar-refractivity contribution in [3.63, 3.8) is 0 Å².